The number of aliphatic hydroxyl groups is 1. The van der Waals surface area contributed by atoms with E-state index in [1.807, 2.05) is 19.9 Å². The van der Waals surface area contributed by atoms with Crippen LogP contribution in [-0.4, -0.2) is 33.8 Å². The summed E-state index contributed by atoms with van der Waals surface area (Å²) in [7, 11) is 0. The van der Waals surface area contributed by atoms with Crippen molar-refractivity contribution in [3.05, 3.63) is 35.7 Å². The number of aromatic nitrogens is 2. The number of aryl methyl sites for hydroxylation is 1. The summed E-state index contributed by atoms with van der Waals surface area (Å²) in [6.07, 6.45) is 0.320. The molecule has 0 saturated heterocycles. The molecule has 0 spiro atoms. The fourth-order valence-corrected chi connectivity index (χ4v) is 1.99. The van der Waals surface area contributed by atoms with Gasteiger partial charge in [0.15, 0.2) is 0 Å². The lowest BCUT2D eigenvalue weighted by atomic mass is 10.0. The van der Waals surface area contributed by atoms with Crippen LogP contribution < -0.4 is 5.32 Å². The minimum Gasteiger partial charge on any atom is -0.391 e. The van der Waals surface area contributed by atoms with Crippen LogP contribution in [0.5, 0.6) is 0 Å². The average Bonchev–Trinajstić information content (AvgIpc) is 2.98. The Balaban J connectivity index is 2.04. The number of benzene rings is 1. The highest BCUT2D eigenvalue weighted by Gasteiger charge is 2.15. The monoisotopic (exact) mass is 303 g/mol. The first-order valence-electron chi connectivity index (χ1n) is 7.38. The molecule has 2 N–H and O–H groups in total. The van der Waals surface area contributed by atoms with Crippen molar-refractivity contribution >= 4 is 5.91 Å². The highest BCUT2D eigenvalue weighted by atomic mass is 16.5. The van der Waals surface area contributed by atoms with Gasteiger partial charge in [0.1, 0.15) is 0 Å². The van der Waals surface area contributed by atoms with Gasteiger partial charge in [0, 0.05) is 24.6 Å². The number of nitrogens with one attached hydrogen (secondary N) is 1. The summed E-state index contributed by atoms with van der Waals surface area (Å²) in [6, 6.07) is 6.99. The average molecular weight is 303 g/mol. The molecule has 2 aromatic rings. The van der Waals surface area contributed by atoms with Crippen LogP contribution in [0.15, 0.2) is 28.8 Å². The van der Waals surface area contributed by atoms with E-state index in [0.29, 0.717) is 22.8 Å². The highest BCUT2D eigenvalue weighted by Crippen LogP contribution is 2.17. The Morgan fingerprint density at radius 3 is 2.86 bits per heavy atom. The number of rotatable bonds is 6. The maximum absolute atomic E-state index is 12.2. The molecule has 0 aliphatic carbocycles. The van der Waals surface area contributed by atoms with E-state index in [9.17, 15) is 9.90 Å². The van der Waals surface area contributed by atoms with Gasteiger partial charge in [0.05, 0.1) is 6.10 Å². The second kappa shape index (κ2) is 7.17. The zero-order valence-electron chi connectivity index (χ0n) is 13.0. The Morgan fingerprint density at radius 2 is 2.23 bits per heavy atom. The standard InChI is InChI=1S/C16H21N3O3/c1-4-10(2)14(20)9-17-16(21)13-7-5-6-12(8-13)15-18-11(3)22-19-15/h5-8,10,14,20H,4,9H2,1-3H3,(H,17,21). The van der Waals surface area contributed by atoms with Crippen LogP contribution in [0, 0.1) is 12.8 Å². The first kappa shape index (κ1) is 16.2. The van der Waals surface area contributed by atoms with E-state index < -0.39 is 6.10 Å². The van der Waals surface area contributed by atoms with E-state index in [1.165, 1.54) is 0 Å². The maximum atomic E-state index is 12.2. The van der Waals surface area contributed by atoms with Gasteiger partial charge < -0.3 is 14.9 Å². The van der Waals surface area contributed by atoms with Crippen LogP contribution in [0.1, 0.15) is 36.5 Å². The Kier molecular flexibility index (Phi) is 5.27. The predicted molar refractivity (Wildman–Crippen MR) is 82.3 cm³/mol. The molecule has 22 heavy (non-hydrogen) atoms. The summed E-state index contributed by atoms with van der Waals surface area (Å²) in [5.41, 5.74) is 1.21. The molecular formula is C16H21N3O3. The SMILES string of the molecule is CCC(C)C(O)CNC(=O)c1cccc(-c2noc(C)n2)c1. The Morgan fingerprint density at radius 1 is 1.45 bits per heavy atom. The van der Waals surface area contributed by atoms with Crippen LogP contribution >= 0.6 is 0 Å². The van der Waals surface area contributed by atoms with Crippen LogP contribution in [-0.2, 0) is 0 Å². The van der Waals surface area contributed by atoms with Crippen molar-refractivity contribution in [2.24, 2.45) is 5.92 Å². The summed E-state index contributed by atoms with van der Waals surface area (Å²) in [5.74, 6) is 0.840. The molecule has 1 aromatic heterocycles. The largest absolute Gasteiger partial charge is 0.391 e. The third-order valence-corrected chi connectivity index (χ3v) is 3.68. The Hall–Kier alpha value is -2.21. The van der Waals surface area contributed by atoms with E-state index in [4.69, 9.17) is 4.52 Å². The maximum Gasteiger partial charge on any atom is 0.251 e. The molecule has 1 heterocycles. The lowest BCUT2D eigenvalue weighted by molar-refractivity contribution is 0.0850. The van der Waals surface area contributed by atoms with Crippen molar-refractivity contribution < 1.29 is 14.4 Å². The first-order chi connectivity index (χ1) is 10.5. The summed E-state index contributed by atoms with van der Waals surface area (Å²) in [6.45, 7) is 5.91. The van der Waals surface area contributed by atoms with E-state index in [-0.39, 0.29) is 18.4 Å². The van der Waals surface area contributed by atoms with Gasteiger partial charge in [0.25, 0.3) is 5.91 Å². The minimum absolute atomic E-state index is 0.147. The molecule has 2 atom stereocenters. The van der Waals surface area contributed by atoms with Crippen molar-refractivity contribution in [1.82, 2.24) is 15.5 Å². The van der Waals surface area contributed by atoms with Gasteiger partial charge in [-0.3, -0.25) is 4.79 Å². The lowest BCUT2D eigenvalue weighted by Gasteiger charge is -2.17. The van der Waals surface area contributed by atoms with E-state index >= 15 is 0 Å². The molecule has 6 heteroatoms. The summed E-state index contributed by atoms with van der Waals surface area (Å²) in [4.78, 5) is 16.3. The van der Waals surface area contributed by atoms with Gasteiger partial charge >= 0.3 is 0 Å². The van der Waals surface area contributed by atoms with Gasteiger partial charge in [0.2, 0.25) is 11.7 Å². The first-order valence-corrected chi connectivity index (χ1v) is 7.38. The molecule has 118 valence electrons. The fourth-order valence-electron chi connectivity index (χ4n) is 1.99. The third-order valence-electron chi connectivity index (χ3n) is 3.68. The summed E-state index contributed by atoms with van der Waals surface area (Å²) < 4.78 is 4.94. The van der Waals surface area contributed by atoms with Crippen molar-refractivity contribution in [2.75, 3.05) is 6.54 Å². The molecule has 0 radical (unpaired) electrons. The number of carbonyl (C=O) groups excluding carboxylic acids is 1. The highest BCUT2D eigenvalue weighted by molar-refractivity contribution is 5.95. The number of hydrogen-bond donors (Lipinski definition) is 2. The second-order valence-electron chi connectivity index (χ2n) is 5.38. The van der Waals surface area contributed by atoms with Crippen molar-refractivity contribution in [3.63, 3.8) is 0 Å². The Bertz CT molecular complexity index is 639. The summed E-state index contributed by atoms with van der Waals surface area (Å²) in [5, 5.41) is 16.5. The summed E-state index contributed by atoms with van der Waals surface area (Å²) >= 11 is 0. The molecule has 1 aromatic carbocycles. The molecule has 0 aliphatic rings. The van der Waals surface area contributed by atoms with Gasteiger partial charge in [-0.15, -0.1) is 0 Å². The molecule has 6 nitrogen and oxygen atoms in total. The van der Waals surface area contributed by atoms with Gasteiger partial charge in [-0.25, -0.2) is 0 Å². The minimum atomic E-state index is -0.544. The fraction of sp³-hybridized carbons (Fsp3) is 0.438. The third kappa shape index (κ3) is 3.92. The topological polar surface area (TPSA) is 88.2 Å². The van der Waals surface area contributed by atoms with Gasteiger partial charge in [-0.2, -0.15) is 4.98 Å². The quantitative estimate of drug-likeness (QED) is 0.854. The van der Waals surface area contributed by atoms with Crippen LogP contribution in [0.25, 0.3) is 11.4 Å². The normalized spacial score (nSPS) is 13.6. The molecule has 0 saturated carbocycles. The van der Waals surface area contributed by atoms with E-state index in [1.54, 1.807) is 25.1 Å². The van der Waals surface area contributed by atoms with Gasteiger partial charge in [-0.05, 0) is 18.1 Å². The molecule has 0 bridgehead atoms. The molecule has 0 fully saturated rings. The molecule has 2 rings (SSSR count). The second-order valence-corrected chi connectivity index (χ2v) is 5.38. The number of nitrogens with zero attached hydrogens (tertiary/aromatic N) is 2. The number of carbonyl (C=O) groups is 1. The van der Waals surface area contributed by atoms with E-state index in [0.717, 1.165) is 6.42 Å². The zero-order valence-corrected chi connectivity index (χ0v) is 13.0. The van der Waals surface area contributed by atoms with Gasteiger partial charge in [-0.1, -0.05) is 37.6 Å². The number of hydrogen-bond acceptors (Lipinski definition) is 5. The zero-order chi connectivity index (χ0) is 16.1. The molecule has 1 amide bonds. The lowest BCUT2D eigenvalue weighted by Crippen LogP contribution is -2.35. The Labute approximate surface area is 129 Å². The number of aliphatic hydroxyl groups excluding tert-OH is 1. The smallest absolute Gasteiger partial charge is 0.251 e. The van der Waals surface area contributed by atoms with Crippen molar-refractivity contribution in [2.45, 2.75) is 33.3 Å². The number of amides is 1. The molecular weight excluding hydrogens is 282 g/mol. The van der Waals surface area contributed by atoms with Crippen molar-refractivity contribution in [1.29, 1.82) is 0 Å². The predicted octanol–water partition coefficient (Wildman–Crippen LogP) is 2.18. The van der Waals surface area contributed by atoms with Crippen LogP contribution in [0.3, 0.4) is 0 Å². The molecule has 2 unspecified atom stereocenters. The van der Waals surface area contributed by atoms with Crippen LogP contribution in [0.4, 0.5) is 0 Å². The molecule has 0 aliphatic heterocycles. The van der Waals surface area contributed by atoms with Crippen molar-refractivity contribution in [3.8, 4) is 11.4 Å². The van der Waals surface area contributed by atoms with Crippen LogP contribution in [0.2, 0.25) is 0 Å². The van der Waals surface area contributed by atoms with E-state index in [2.05, 4.69) is 15.5 Å².